The van der Waals surface area contributed by atoms with Crippen molar-refractivity contribution >= 4 is 11.6 Å². The first-order valence-corrected chi connectivity index (χ1v) is 3.74. The summed E-state index contributed by atoms with van der Waals surface area (Å²) in [4.78, 5) is 10.7. The molecule has 0 aliphatic rings. The topological polar surface area (TPSA) is 87.4 Å². The number of amides is 1. The molecule has 5 heteroatoms. The zero-order chi connectivity index (χ0) is 9.68. The van der Waals surface area contributed by atoms with Crippen LogP contribution < -0.4 is 16.6 Å². The predicted molar refractivity (Wildman–Crippen MR) is 48.9 cm³/mol. The number of hydrazine groups is 1. The van der Waals surface area contributed by atoms with E-state index in [1.54, 1.807) is 12.1 Å². The first-order valence-electron chi connectivity index (χ1n) is 3.74. The number of phenolic OH excluding ortho intramolecular Hbond substituents is 1. The zero-order valence-electron chi connectivity index (χ0n) is 6.95. The SMILES string of the molecule is NNC(=O)CNc1ccc(O)cc1. The molecule has 1 amide bonds. The lowest BCUT2D eigenvalue weighted by Gasteiger charge is -2.04. The Balaban J connectivity index is 2.46. The fourth-order valence-corrected chi connectivity index (χ4v) is 0.813. The molecule has 0 aliphatic heterocycles. The molecule has 1 rings (SSSR count). The number of aromatic hydroxyl groups is 1. The number of hydrogen-bond acceptors (Lipinski definition) is 4. The molecule has 1 aromatic carbocycles. The van der Waals surface area contributed by atoms with Crippen LogP contribution in [0.1, 0.15) is 0 Å². The van der Waals surface area contributed by atoms with Crippen molar-refractivity contribution in [2.45, 2.75) is 0 Å². The van der Waals surface area contributed by atoms with E-state index in [-0.39, 0.29) is 18.2 Å². The van der Waals surface area contributed by atoms with Crippen molar-refractivity contribution in [2.75, 3.05) is 11.9 Å². The lowest BCUT2D eigenvalue weighted by molar-refractivity contribution is -0.119. The van der Waals surface area contributed by atoms with Crippen LogP contribution in [-0.4, -0.2) is 17.6 Å². The van der Waals surface area contributed by atoms with Crippen LogP contribution in [-0.2, 0) is 4.79 Å². The highest BCUT2D eigenvalue weighted by Gasteiger charge is 1.97. The average molecular weight is 181 g/mol. The van der Waals surface area contributed by atoms with Crippen molar-refractivity contribution in [1.82, 2.24) is 5.43 Å². The summed E-state index contributed by atoms with van der Waals surface area (Å²) in [7, 11) is 0. The van der Waals surface area contributed by atoms with Crippen LogP contribution in [0.3, 0.4) is 0 Å². The van der Waals surface area contributed by atoms with E-state index in [0.717, 1.165) is 5.69 Å². The summed E-state index contributed by atoms with van der Waals surface area (Å²) in [6, 6.07) is 6.39. The third-order valence-electron chi connectivity index (χ3n) is 1.48. The smallest absolute Gasteiger partial charge is 0.253 e. The quantitative estimate of drug-likeness (QED) is 0.225. The first-order chi connectivity index (χ1) is 6.22. The van der Waals surface area contributed by atoms with Gasteiger partial charge in [-0.2, -0.15) is 0 Å². The molecule has 5 nitrogen and oxygen atoms in total. The number of carbonyl (C=O) groups is 1. The summed E-state index contributed by atoms with van der Waals surface area (Å²) in [5.74, 6) is 4.77. The van der Waals surface area contributed by atoms with Crippen molar-refractivity contribution in [3.63, 3.8) is 0 Å². The maximum Gasteiger partial charge on any atom is 0.253 e. The van der Waals surface area contributed by atoms with E-state index in [4.69, 9.17) is 10.9 Å². The number of carbonyl (C=O) groups excluding carboxylic acids is 1. The summed E-state index contributed by atoms with van der Waals surface area (Å²) in [5, 5.41) is 11.8. The molecule has 0 aliphatic carbocycles. The van der Waals surface area contributed by atoms with Crippen molar-refractivity contribution in [1.29, 1.82) is 0 Å². The van der Waals surface area contributed by atoms with Gasteiger partial charge in [0, 0.05) is 5.69 Å². The fourth-order valence-electron chi connectivity index (χ4n) is 0.813. The number of nitrogens with two attached hydrogens (primary N) is 1. The summed E-state index contributed by atoms with van der Waals surface area (Å²) in [5.41, 5.74) is 2.75. The van der Waals surface area contributed by atoms with Gasteiger partial charge in [0.15, 0.2) is 0 Å². The standard InChI is InChI=1S/C8H11N3O2/c9-11-8(13)5-10-6-1-3-7(12)4-2-6/h1-4,10,12H,5,9H2,(H,11,13). The van der Waals surface area contributed by atoms with E-state index >= 15 is 0 Å². The molecule has 13 heavy (non-hydrogen) atoms. The van der Waals surface area contributed by atoms with Crippen LogP contribution in [0.15, 0.2) is 24.3 Å². The minimum absolute atomic E-state index is 0.112. The second-order valence-corrected chi connectivity index (χ2v) is 2.47. The summed E-state index contributed by atoms with van der Waals surface area (Å²) in [6.45, 7) is 0.112. The van der Waals surface area contributed by atoms with Gasteiger partial charge in [0.05, 0.1) is 6.54 Å². The molecule has 5 N–H and O–H groups in total. The van der Waals surface area contributed by atoms with E-state index in [0.29, 0.717) is 0 Å². The average Bonchev–Trinajstić information content (AvgIpc) is 2.16. The van der Waals surface area contributed by atoms with Crippen LogP contribution in [0, 0.1) is 0 Å². The van der Waals surface area contributed by atoms with Crippen molar-refractivity contribution in [3.8, 4) is 5.75 Å². The molecule has 0 fully saturated rings. The van der Waals surface area contributed by atoms with Gasteiger partial charge in [0.1, 0.15) is 5.75 Å². The highest BCUT2D eigenvalue weighted by Crippen LogP contribution is 2.12. The van der Waals surface area contributed by atoms with Crippen LogP contribution in [0.25, 0.3) is 0 Å². The van der Waals surface area contributed by atoms with Gasteiger partial charge in [0.25, 0.3) is 5.91 Å². The van der Waals surface area contributed by atoms with Crippen LogP contribution in [0.2, 0.25) is 0 Å². The molecule has 0 atom stereocenters. The van der Waals surface area contributed by atoms with Crippen molar-refractivity contribution in [2.24, 2.45) is 5.84 Å². The lowest BCUT2D eigenvalue weighted by atomic mass is 10.3. The number of phenols is 1. The van der Waals surface area contributed by atoms with E-state index in [1.807, 2.05) is 5.43 Å². The van der Waals surface area contributed by atoms with Gasteiger partial charge < -0.3 is 10.4 Å². The number of benzene rings is 1. The van der Waals surface area contributed by atoms with E-state index in [2.05, 4.69) is 5.32 Å². The molecule has 0 heterocycles. The Morgan fingerprint density at radius 1 is 1.38 bits per heavy atom. The Labute approximate surface area is 75.5 Å². The molecule has 0 saturated carbocycles. The first kappa shape index (κ1) is 9.34. The van der Waals surface area contributed by atoms with E-state index in [1.165, 1.54) is 12.1 Å². The Bertz CT molecular complexity index is 284. The molecule has 0 aromatic heterocycles. The van der Waals surface area contributed by atoms with Gasteiger partial charge in [0.2, 0.25) is 0 Å². The molecule has 0 spiro atoms. The maximum absolute atomic E-state index is 10.7. The van der Waals surface area contributed by atoms with Crippen molar-refractivity contribution < 1.29 is 9.90 Å². The van der Waals surface area contributed by atoms with Crippen molar-refractivity contribution in [3.05, 3.63) is 24.3 Å². The number of nitrogens with one attached hydrogen (secondary N) is 2. The number of rotatable bonds is 3. The van der Waals surface area contributed by atoms with Crippen LogP contribution in [0.4, 0.5) is 5.69 Å². The van der Waals surface area contributed by atoms with Gasteiger partial charge in [-0.3, -0.25) is 10.2 Å². The fraction of sp³-hybridized carbons (Fsp3) is 0.125. The highest BCUT2D eigenvalue weighted by atomic mass is 16.3. The molecule has 70 valence electrons. The van der Waals surface area contributed by atoms with Gasteiger partial charge in [-0.15, -0.1) is 0 Å². The Hall–Kier alpha value is -1.75. The highest BCUT2D eigenvalue weighted by molar-refractivity contribution is 5.80. The molecule has 0 radical (unpaired) electrons. The molecular formula is C8H11N3O2. The van der Waals surface area contributed by atoms with Gasteiger partial charge >= 0.3 is 0 Å². The van der Waals surface area contributed by atoms with Crippen LogP contribution >= 0.6 is 0 Å². The van der Waals surface area contributed by atoms with Crippen LogP contribution in [0.5, 0.6) is 5.75 Å². The Morgan fingerprint density at radius 3 is 2.54 bits per heavy atom. The molecule has 0 bridgehead atoms. The van der Waals surface area contributed by atoms with Gasteiger partial charge in [-0.05, 0) is 24.3 Å². The number of hydrogen-bond donors (Lipinski definition) is 4. The minimum atomic E-state index is -0.298. The van der Waals surface area contributed by atoms with Gasteiger partial charge in [-0.1, -0.05) is 0 Å². The maximum atomic E-state index is 10.7. The number of anilines is 1. The zero-order valence-corrected chi connectivity index (χ0v) is 6.95. The third kappa shape index (κ3) is 3.00. The van der Waals surface area contributed by atoms with E-state index < -0.39 is 0 Å². The van der Waals surface area contributed by atoms with Gasteiger partial charge in [-0.25, -0.2) is 5.84 Å². The second kappa shape index (κ2) is 4.32. The molecule has 0 saturated heterocycles. The lowest BCUT2D eigenvalue weighted by Crippen LogP contribution is -2.35. The monoisotopic (exact) mass is 181 g/mol. The predicted octanol–water partition coefficient (Wildman–Crippen LogP) is -0.206. The molecular weight excluding hydrogens is 170 g/mol. The Kier molecular flexibility index (Phi) is 3.10. The van der Waals surface area contributed by atoms with E-state index in [9.17, 15) is 4.79 Å². The minimum Gasteiger partial charge on any atom is -0.508 e. The summed E-state index contributed by atoms with van der Waals surface area (Å²) >= 11 is 0. The molecule has 0 unspecified atom stereocenters. The third-order valence-corrected chi connectivity index (χ3v) is 1.48. The largest absolute Gasteiger partial charge is 0.508 e. The molecule has 1 aromatic rings. The normalized spacial score (nSPS) is 9.31. The summed E-state index contributed by atoms with van der Waals surface area (Å²) < 4.78 is 0. The Morgan fingerprint density at radius 2 is 2.00 bits per heavy atom. The summed E-state index contributed by atoms with van der Waals surface area (Å²) in [6.07, 6.45) is 0. The second-order valence-electron chi connectivity index (χ2n) is 2.47.